The molecule has 7 heteroatoms. The number of aromatic nitrogens is 2. The van der Waals surface area contributed by atoms with Crippen LogP contribution in [0, 0.1) is 0 Å². The molecule has 0 atom stereocenters. The van der Waals surface area contributed by atoms with E-state index in [-0.39, 0.29) is 11.6 Å². The summed E-state index contributed by atoms with van der Waals surface area (Å²) < 4.78 is 43.4. The van der Waals surface area contributed by atoms with Crippen molar-refractivity contribution in [2.24, 2.45) is 0 Å². The number of nitrogen functional groups attached to an aromatic ring is 1. The summed E-state index contributed by atoms with van der Waals surface area (Å²) in [7, 11) is 0. The topological polar surface area (TPSA) is 61.0 Å². The highest BCUT2D eigenvalue weighted by atomic mass is 19.4. The number of hydrogen-bond acceptors (Lipinski definition) is 4. The molecule has 0 spiro atoms. The molecule has 2 N–H and O–H groups in total. The van der Waals surface area contributed by atoms with Gasteiger partial charge in [-0.1, -0.05) is 12.1 Å². The molecule has 0 radical (unpaired) electrons. The van der Waals surface area contributed by atoms with Crippen LogP contribution in [-0.4, -0.2) is 9.97 Å². The summed E-state index contributed by atoms with van der Waals surface area (Å²) in [5.41, 5.74) is 6.72. The second-order valence-electron chi connectivity index (χ2n) is 4.96. The minimum atomic E-state index is -4.39. The third-order valence-corrected chi connectivity index (χ3v) is 3.24. The maximum Gasteiger partial charge on any atom is 0.416 e. The van der Waals surface area contributed by atoms with Crippen molar-refractivity contribution in [2.45, 2.75) is 6.18 Å². The van der Waals surface area contributed by atoms with Crippen LogP contribution < -0.4 is 10.5 Å². The Morgan fingerprint density at radius 3 is 2.08 bits per heavy atom. The molecule has 1 heterocycles. The van der Waals surface area contributed by atoms with Crippen molar-refractivity contribution in [3.63, 3.8) is 0 Å². The third-order valence-electron chi connectivity index (χ3n) is 3.24. The molecule has 122 valence electrons. The number of hydrogen-bond donors (Lipinski definition) is 1. The van der Waals surface area contributed by atoms with Gasteiger partial charge in [-0.3, -0.25) is 0 Å². The van der Waals surface area contributed by atoms with Crippen LogP contribution in [0.3, 0.4) is 0 Å². The maximum absolute atomic E-state index is 12.6. The first-order chi connectivity index (χ1) is 11.4. The second-order valence-corrected chi connectivity index (χ2v) is 4.96. The van der Waals surface area contributed by atoms with Gasteiger partial charge in [-0.15, -0.1) is 0 Å². The van der Waals surface area contributed by atoms with Crippen LogP contribution >= 0.6 is 0 Å². The van der Waals surface area contributed by atoms with Gasteiger partial charge in [0.05, 0.1) is 5.56 Å². The van der Waals surface area contributed by atoms with E-state index in [1.54, 1.807) is 24.3 Å². The largest absolute Gasteiger partial charge is 0.437 e. The average molecular weight is 331 g/mol. The molecule has 0 unspecified atom stereocenters. The van der Waals surface area contributed by atoms with Gasteiger partial charge in [-0.2, -0.15) is 13.2 Å². The van der Waals surface area contributed by atoms with Crippen molar-refractivity contribution in [1.82, 2.24) is 9.97 Å². The standard InChI is InChI=1S/C17H12F3N3O/c18-17(19,20)12-3-7-14(8-4-12)24-16-15(22-9-10-23-16)11-1-5-13(21)6-2-11/h1-10H,21H2. The molecule has 0 bridgehead atoms. The van der Waals surface area contributed by atoms with Crippen LogP contribution in [0.5, 0.6) is 11.6 Å². The minimum Gasteiger partial charge on any atom is -0.437 e. The Kier molecular flexibility index (Phi) is 4.07. The lowest BCUT2D eigenvalue weighted by Gasteiger charge is -2.11. The minimum absolute atomic E-state index is 0.196. The summed E-state index contributed by atoms with van der Waals surface area (Å²) in [5.74, 6) is 0.433. The van der Waals surface area contributed by atoms with Gasteiger partial charge in [0, 0.05) is 23.6 Å². The van der Waals surface area contributed by atoms with Gasteiger partial charge in [-0.25, -0.2) is 9.97 Å². The fourth-order valence-corrected chi connectivity index (χ4v) is 2.06. The van der Waals surface area contributed by atoms with Crippen LogP contribution in [0.25, 0.3) is 11.3 Å². The van der Waals surface area contributed by atoms with Crippen molar-refractivity contribution in [2.75, 3.05) is 5.73 Å². The first-order valence-electron chi connectivity index (χ1n) is 6.95. The summed E-state index contributed by atoms with van der Waals surface area (Å²) in [5, 5.41) is 0. The van der Waals surface area contributed by atoms with Gasteiger partial charge in [0.25, 0.3) is 0 Å². The Balaban J connectivity index is 1.89. The SMILES string of the molecule is Nc1ccc(-c2nccnc2Oc2ccc(C(F)(F)F)cc2)cc1. The molecule has 24 heavy (non-hydrogen) atoms. The number of benzene rings is 2. The van der Waals surface area contributed by atoms with Gasteiger partial charge >= 0.3 is 6.18 Å². The Bertz CT molecular complexity index is 831. The normalized spacial score (nSPS) is 11.3. The van der Waals surface area contributed by atoms with Crippen LogP contribution in [-0.2, 0) is 6.18 Å². The van der Waals surface area contributed by atoms with Crippen molar-refractivity contribution in [3.05, 3.63) is 66.5 Å². The van der Waals surface area contributed by atoms with Crippen LogP contribution in [0.15, 0.2) is 60.9 Å². The highest BCUT2D eigenvalue weighted by Gasteiger charge is 2.30. The Morgan fingerprint density at radius 2 is 1.46 bits per heavy atom. The summed E-state index contributed by atoms with van der Waals surface area (Å²) in [6.45, 7) is 0. The predicted molar refractivity (Wildman–Crippen MR) is 83.4 cm³/mol. The number of nitrogens with two attached hydrogens (primary N) is 1. The fraction of sp³-hybridized carbons (Fsp3) is 0.0588. The van der Waals surface area contributed by atoms with E-state index in [9.17, 15) is 13.2 Å². The molecule has 1 aromatic heterocycles. The van der Waals surface area contributed by atoms with Gasteiger partial charge in [0.2, 0.25) is 5.88 Å². The summed E-state index contributed by atoms with van der Waals surface area (Å²) in [6, 6.07) is 11.3. The molecular formula is C17H12F3N3O. The van der Waals surface area contributed by atoms with E-state index in [1.165, 1.54) is 24.5 Å². The number of ether oxygens (including phenoxy) is 1. The lowest BCUT2D eigenvalue weighted by Crippen LogP contribution is -2.04. The molecule has 0 saturated carbocycles. The van der Waals surface area contributed by atoms with E-state index in [4.69, 9.17) is 10.5 Å². The monoisotopic (exact) mass is 331 g/mol. The molecule has 0 aliphatic rings. The zero-order valence-electron chi connectivity index (χ0n) is 12.3. The summed E-state index contributed by atoms with van der Waals surface area (Å²) in [6.07, 6.45) is -1.44. The third kappa shape index (κ3) is 3.45. The summed E-state index contributed by atoms with van der Waals surface area (Å²) >= 11 is 0. The number of rotatable bonds is 3. The van der Waals surface area contributed by atoms with Crippen molar-refractivity contribution in [3.8, 4) is 22.9 Å². The number of nitrogens with zero attached hydrogens (tertiary/aromatic N) is 2. The lowest BCUT2D eigenvalue weighted by molar-refractivity contribution is -0.137. The Labute approximate surface area is 135 Å². The molecule has 0 amide bonds. The Morgan fingerprint density at radius 1 is 0.833 bits per heavy atom. The predicted octanol–water partition coefficient (Wildman–Crippen LogP) is 4.54. The van der Waals surface area contributed by atoms with Crippen molar-refractivity contribution >= 4 is 5.69 Å². The fourth-order valence-electron chi connectivity index (χ4n) is 2.06. The second kappa shape index (κ2) is 6.19. The molecule has 4 nitrogen and oxygen atoms in total. The number of anilines is 1. The van der Waals surface area contributed by atoms with E-state index in [0.29, 0.717) is 11.4 Å². The zero-order chi connectivity index (χ0) is 17.2. The molecule has 0 saturated heterocycles. The molecule has 0 aliphatic heterocycles. The van der Waals surface area contributed by atoms with Gasteiger partial charge < -0.3 is 10.5 Å². The van der Waals surface area contributed by atoms with Crippen molar-refractivity contribution in [1.29, 1.82) is 0 Å². The van der Waals surface area contributed by atoms with E-state index >= 15 is 0 Å². The first kappa shape index (κ1) is 15.8. The van der Waals surface area contributed by atoms with E-state index in [2.05, 4.69) is 9.97 Å². The number of halogens is 3. The lowest BCUT2D eigenvalue weighted by atomic mass is 10.1. The Hall–Kier alpha value is -3.09. The van der Waals surface area contributed by atoms with Gasteiger partial charge in [0.15, 0.2) is 0 Å². The van der Waals surface area contributed by atoms with Gasteiger partial charge in [0.1, 0.15) is 11.4 Å². The highest BCUT2D eigenvalue weighted by Crippen LogP contribution is 2.33. The number of alkyl halides is 3. The first-order valence-corrected chi connectivity index (χ1v) is 6.95. The molecule has 0 aliphatic carbocycles. The smallest absolute Gasteiger partial charge is 0.416 e. The summed E-state index contributed by atoms with van der Waals surface area (Å²) in [4.78, 5) is 8.33. The van der Waals surface area contributed by atoms with E-state index in [0.717, 1.165) is 17.7 Å². The molecular weight excluding hydrogens is 319 g/mol. The highest BCUT2D eigenvalue weighted by molar-refractivity contribution is 5.66. The quantitative estimate of drug-likeness (QED) is 0.716. The van der Waals surface area contributed by atoms with Crippen LogP contribution in [0.1, 0.15) is 5.56 Å². The van der Waals surface area contributed by atoms with Crippen LogP contribution in [0.4, 0.5) is 18.9 Å². The molecule has 2 aromatic carbocycles. The molecule has 3 aromatic rings. The van der Waals surface area contributed by atoms with Gasteiger partial charge in [-0.05, 0) is 36.4 Å². The molecule has 0 fully saturated rings. The van der Waals surface area contributed by atoms with Crippen LogP contribution in [0.2, 0.25) is 0 Å². The van der Waals surface area contributed by atoms with Crippen molar-refractivity contribution < 1.29 is 17.9 Å². The zero-order valence-corrected chi connectivity index (χ0v) is 12.3. The van der Waals surface area contributed by atoms with E-state index in [1.807, 2.05) is 0 Å². The maximum atomic E-state index is 12.6. The molecule has 3 rings (SSSR count). The van der Waals surface area contributed by atoms with E-state index < -0.39 is 11.7 Å². The average Bonchev–Trinajstić information content (AvgIpc) is 2.56.